The van der Waals surface area contributed by atoms with Crippen LogP contribution < -0.4 is 10.2 Å². The van der Waals surface area contributed by atoms with Crippen molar-refractivity contribution < 1.29 is 23.5 Å². The lowest BCUT2D eigenvalue weighted by Crippen LogP contribution is -2.28. The first-order valence-corrected chi connectivity index (χ1v) is 9.08. The average molecular weight is 410 g/mol. The van der Waals surface area contributed by atoms with E-state index in [0.717, 1.165) is 12.1 Å². The zero-order chi connectivity index (χ0) is 21.3. The van der Waals surface area contributed by atoms with Crippen molar-refractivity contribution in [2.75, 3.05) is 16.8 Å². The highest BCUT2D eigenvalue weighted by Gasteiger charge is 2.35. The van der Waals surface area contributed by atoms with Crippen molar-refractivity contribution in [3.8, 4) is 17.1 Å². The number of hydrogen-bond acceptors (Lipinski definition) is 5. The van der Waals surface area contributed by atoms with Gasteiger partial charge in [0, 0.05) is 30.3 Å². The first-order valence-electron chi connectivity index (χ1n) is 9.08. The van der Waals surface area contributed by atoms with Crippen LogP contribution in [0.5, 0.6) is 5.75 Å². The van der Waals surface area contributed by atoms with Crippen molar-refractivity contribution in [2.45, 2.75) is 6.42 Å². The summed E-state index contributed by atoms with van der Waals surface area (Å²) in [7, 11) is 0. The Bertz CT molecular complexity index is 1100. The van der Waals surface area contributed by atoms with Gasteiger partial charge in [0.1, 0.15) is 17.4 Å². The molecule has 1 aromatic heterocycles. The van der Waals surface area contributed by atoms with Gasteiger partial charge in [-0.15, -0.1) is 0 Å². The van der Waals surface area contributed by atoms with Crippen LogP contribution in [-0.2, 0) is 9.59 Å². The number of carbonyl (C=O) groups excluding carboxylic acids is 2. The molecule has 4 rings (SSSR count). The summed E-state index contributed by atoms with van der Waals surface area (Å²) in [4.78, 5) is 34.3. The highest BCUT2D eigenvalue weighted by molar-refractivity contribution is 6.03. The Hall–Kier alpha value is -3.88. The molecule has 0 spiro atoms. The number of aromatic hydroxyl groups is 1. The van der Waals surface area contributed by atoms with E-state index in [9.17, 15) is 23.5 Å². The van der Waals surface area contributed by atoms with Gasteiger partial charge < -0.3 is 15.3 Å². The molecule has 0 radical (unpaired) electrons. The monoisotopic (exact) mass is 410 g/mol. The molecule has 0 bridgehead atoms. The van der Waals surface area contributed by atoms with Gasteiger partial charge in [0.25, 0.3) is 0 Å². The summed E-state index contributed by atoms with van der Waals surface area (Å²) >= 11 is 0. The van der Waals surface area contributed by atoms with Crippen molar-refractivity contribution in [1.29, 1.82) is 0 Å². The lowest BCUT2D eigenvalue weighted by Gasteiger charge is -2.17. The molecule has 1 aliphatic heterocycles. The summed E-state index contributed by atoms with van der Waals surface area (Å²) in [5.74, 6) is -2.63. The van der Waals surface area contributed by atoms with E-state index >= 15 is 0 Å². The van der Waals surface area contributed by atoms with Gasteiger partial charge in [0.2, 0.25) is 11.8 Å². The molecule has 30 heavy (non-hydrogen) atoms. The third-order valence-electron chi connectivity index (χ3n) is 4.68. The Morgan fingerprint density at radius 3 is 2.47 bits per heavy atom. The van der Waals surface area contributed by atoms with Crippen LogP contribution in [-0.4, -0.2) is 33.4 Å². The minimum Gasteiger partial charge on any atom is -0.508 e. The van der Waals surface area contributed by atoms with Gasteiger partial charge in [-0.2, -0.15) is 0 Å². The zero-order valence-electron chi connectivity index (χ0n) is 15.5. The molecule has 1 unspecified atom stereocenters. The molecule has 7 nitrogen and oxygen atoms in total. The molecule has 3 aromatic rings. The molecule has 1 aliphatic rings. The summed E-state index contributed by atoms with van der Waals surface area (Å²) < 4.78 is 26.9. The van der Waals surface area contributed by atoms with E-state index in [1.54, 1.807) is 12.1 Å². The Labute approximate surface area is 170 Å². The molecule has 1 atom stereocenters. The van der Waals surface area contributed by atoms with Crippen molar-refractivity contribution in [3.05, 3.63) is 66.5 Å². The topological polar surface area (TPSA) is 95.4 Å². The van der Waals surface area contributed by atoms with Gasteiger partial charge in [0.05, 0.1) is 24.0 Å². The molecule has 2 heterocycles. The fraction of sp³-hybridized carbons (Fsp3) is 0.143. The third kappa shape index (κ3) is 4.09. The van der Waals surface area contributed by atoms with Crippen LogP contribution in [0.15, 0.2) is 54.9 Å². The number of halogens is 2. The second-order valence-corrected chi connectivity index (χ2v) is 6.87. The van der Waals surface area contributed by atoms with E-state index in [2.05, 4.69) is 15.3 Å². The van der Waals surface area contributed by atoms with E-state index in [4.69, 9.17) is 0 Å². The smallest absolute Gasteiger partial charge is 0.229 e. The standard InChI is InChI=1S/C21H16F2N4O3/c22-14-6-15(23)8-17(7-14)27-11-13(5-19(27)29)21(30)26-16-9-24-20(25-10-16)12-2-1-3-18(28)4-12/h1-4,6-10,13,28H,5,11H2,(H,26,30). The number of rotatable bonds is 4. The molecule has 0 saturated carbocycles. The van der Waals surface area contributed by atoms with Crippen molar-refractivity contribution in [3.63, 3.8) is 0 Å². The summed E-state index contributed by atoms with van der Waals surface area (Å²) in [6.07, 6.45) is 2.76. The first kappa shape index (κ1) is 19.4. The maximum atomic E-state index is 13.4. The van der Waals surface area contributed by atoms with Crippen molar-refractivity contribution in [2.24, 2.45) is 5.92 Å². The SMILES string of the molecule is O=C(Nc1cnc(-c2cccc(O)c2)nc1)C1CC(=O)N(c2cc(F)cc(F)c2)C1. The molecular weight excluding hydrogens is 394 g/mol. The second kappa shape index (κ2) is 7.86. The van der Waals surface area contributed by atoms with Crippen LogP contribution in [0.4, 0.5) is 20.2 Å². The molecule has 0 aliphatic carbocycles. The number of phenols is 1. The number of hydrogen-bond donors (Lipinski definition) is 2. The number of anilines is 2. The van der Waals surface area contributed by atoms with Crippen molar-refractivity contribution >= 4 is 23.2 Å². The molecule has 1 saturated heterocycles. The van der Waals surface area contributed by atoms with Gasteiger partial charge in [0.15, 0.2) is 5.82 Å². The molecule has 2 aromatic carbocycles. The van der Waals surface area contributed by atoms with Crippen LogP contribution in [0.25, 0.3) is 11.4 Å². The number of amides is 2. The molecule has 2 amide bonds. The Balaban J connectivity index is 1.43. The maximum Gasteiger partial charge on any atom is 0.229 e. The highest BCUT2D eigenvalue weighted by atomic mass is 19.1. The van der Waals surface area contributed by atoms with Crippen LogP contribution in [0, 0.1) is 17.6 Å². The zero-order valence-corrected chi connectivity index (χ0v) is 15.5. The Kier molecular flexibility index (Phi) is 5.09. The second-order valence-electron chi connectivity index (χ2n) is 6.87. The minimum atomic E-state index is -0.797. The van der Waals surface area contributed by atoms with Crippen LogP contribution in [0.1, 0.15) is 6.42 Å². The largest absolute Gasteiger partial charge is 0.508 e. The summed E-state index contributed by atoms with van der Waals surface area (Å²) in [5.41, 5.74) is 1.03. The lowest BCUT2D eigenvalue weighted by molar-refractivity contribution is -0.122. The minimum absolute atomic E-state index is 0.00972. The van der Waals surface area contributed by atoms with Gasteiger partial charge in [-0.25, -0.2) is 18.7 Å². The summed E-state index contributed by atoms with van der Waals surface area (Å²) in [6, 6.07) is 9.27. The number of nitrogens with zero attached hydrogens (tertiary/aromatic N) is 3. The third-order valence-corrected chi connectivity index (χ3v) is 4.68. The van der Waals surface area contributed by atoms with Gasteiger partial charge in [-0.05, 0) is 24.3 Å². The quantitative estimate of drug-likeness (QED) is 0.689. The fourth-order valence-corrected chi connectivity index (χ4v) is 3.26. The number of phenolic OH excluding ortho intramolecular Hbond substituents is 1. The van der Waals surface area contributed by atoms with Crippen LogP contribution in [0.2, 0.25) is 0 Å². The highest BCUT2D eigenvalue weighted by Crippen LogP contribution is 2.27. The van der Waals surface area contributed by atoms with E-state index < -0.39 is 29.4 Å². The van der Waals surface area contributed by atoms with E-state index in [-0.39, 0.29) is 24.4 Å². The van der Waals surface area contributed by atoms with Gasteiger partial charge in [-0.1, -0.05) is 12.1 Å². The first-order chi connectivity index (χ1) is 14.4. The fourth-order valence-electron chi connectivity index (χ4n) is 3.26. The van der Waals surface area contributed by atoms with E-state index in [1.807, 2.05) is 0 Å². The molecule has 152 valence electrons. The Morgan fingerprint density at radius 1 is 1.10 bits per heavy atom. The Morgan fingerprint density at radius 2 is 1.80 bits per heavy atom. The number of carbonyl (C=O) groups is 2. The van der Waals surface area contributed by atoms with Crippen molar-refractivity contribution in [1.82, 2.24) is 9.97 Å². The van der Waals surface area contributed by atoms with Gasteiger partial charge >= 0.3 is 0 Å². The molecule has 9 heteroatoms. The van der Waals surface area contributed by atoms with Gasteiger partial charge in [-0.3, -0.25) is 9.59 Å². The lowest BCUT2D eigenvalue weighted by atomic mass is 10.1. The number of aromatic nitrogens is 2. The maximum absolute atomic E-state index is 13.4. The predicted molar refractivity (Wildman–Crippen MR) is 105 cm³/mol. The molecule has 1 fully saturated rings. The van der Waals surface area contributed by atoms with Crippen LogP contribution >= 0.6 is 0 Å². The number of nitrogens with one attached hydrogen (secondary N) is 1. The summed E-state index contributed by atoms with van der Waals surface area (Å²) in [6.45, 7) is 0.00972. The van der Waals surface area contributed by atoms with Crippen LogP contribution in [0.3, 0.4) is 0 Å². The number of benzene rings is 2. The summed E-state index contributed by atoms with van der Waals surface area (Å²) in [5, 5.41) is 12.2. The average Bonchev–Trinajstić information content (AvgIpc) is 3.10. The van der Waals surface area contributed by atoms with E-state index in [0.29, 0.717) is 23.1 Å². The predicted octanol–water partition coefficient (Wildman–Crippen LogP) is 3.12. The van der Waals surface area contributed by atoms with E-state index in [1.165, 1.54) is 29.4 Å². The molecular formula is C21H16F2N4O3. The normalized spacial score (nSPS) is 16.0. The molecule has 2 N–H and O–H groups in total.